The van der Waals surface area contributed by atoms with Crippen molar-refractivity contribution in [1.82, 2.24) is 14.6 Å². The molecule has 1 aliphatic rings. The smallest absolute Gasteiger partial charge is 0.305 e. The maximum atomic E-state index is 12.3. The van der Waals surface area contributed by atoms with Crippen molar-refractivity contribution in [1.29, 1.82) is 0 Å². The van der Waals surface area contributed by atoms with Gasteiger partial charge >= 0.3 is 4.87 Å². The average molecular weight is 277 g/mol. The molecule has 0 saturated carbocycles. The minimum absolute atomic E-state index is 0.143. The van der Waals surface area contributed by atoms with Crippen LogP contribution in [0.1, 0.15) is 12.1 Å². The Hall–Kier alpha value is -0.700. The second-order valence-electron chi connectivity index (χ2n) is 3.93. The number of hydrogen-bond donors (Lipinski definition) is 2. The summed E-state index contributed by atoms with van der Waals surface area (Å²) in [4.78, 5) is 13.4. The number of thiazole rings is 1. The molecule has 8 heteroatoms. The zero-order valence-electron chi connectivity index (χ0n) is 9.52. The van der Waals surface area contributed by atoms with Gasteiger partial charge in [-0.05, 0) is 19.9 Å². The van der Waals surface area contributed by atoms with Gasteiger partial charge in [0.15, 0.2) is 4.21 Å². The van der Waals surface area contributed by atoms with Crippen molar-refractivity contribution in [3.8, 4) is 0 Å². The van der Waals surface area contributed by atoms with Crippen LogP contribution >= 0.6 is 11.3 Å². The van der Waals surface area contributed by atoms with Crippen LogP contribution in [-0.4, -0.2) is 43.9 Å². The summed E-state index contributed by atoms with van der Waals surface area (Å²) < 4.78 is 26.2. The van der Waals surface area contributed by atoms with E-state index in [0.717, 1.165) is 24.3 Å². The molecule has 96 valence electrons. The molecule has 0 atom stereocenters. The molecule has 1 aromatic rings. The normalized spacial score (nSPS) is 19.1. The van der Waals surface area contributed by atoms with Crippen LogP contribution in [0.15, 0.2) is 9.00 Å². The van der Waals surface area contributed by atoms with Crippen molar-refractivity contribution >= 4 is 21.4 Å². The van der Waals surface area contributed by atoms with Crippen LogP contribution in [0, 0.1) is 6.92 Å². The predicted octanol–water partition coefficient (Wildman–Crippen LogP) is -0.271. The highest BCUT2D eigenvalue weighted by Crippen LogP contribution is 2.21. The molecule has 1 aliphatic heterocycles. The third-order valence-electron chi connectivity index (χ3n) is 2.65. The van der Waals surface area contributed by atoms with Crippen LogP contribution in [0.2, 0.25) is 0 Å². The second kappa shape index (κ2) is 4.89. The van der Waals surface area contributed by atoms with E-state index in [4.69, 9.17) is 0 Å². The molecular formula is C9H15N3O3S2. The van der Waals surface area contributed by atoms with E-state index in [0.29, 0.717) is 25.3 Å². The minimum atomic E-state index is -3.51. The second-order valence-corrected chi connectivity index (χ2v) is 7.05. The summed E-state index contributed by atoms with van der Waals surface area (Å²) in [6, 6.07) is 0. The van der Waals surface area contributed by atoms with Gasteiger partial charge in [0.2, 0.25) is 0 Å². The van der Waals surface area contributed by atoms with E-state index in [2.05, 4.69) is 10.3 Å². The van der Waals surface area contributed by atoms with Crippen LogP contribution in [-0.2, 0) is 10.0 Å². The predicted molar refractivity (Wildman–Crippen MR) is 65.9 cm³/mol. The van der Waals surface area contributed by atoms with Crippen LogP contribution in [0.3, 0.4) is 0 Å². The monoisotopic (exact) mass is 277 g/mol. The van der Waals surface area contributed by atoms with E-state index >= 15 is 0 Å². The maximum absolute atomic E-state index is 12.3. The minimum Gasteiger partial charge on any atom is -0.315 e. The van der Waals surface area contributed by atoms with Gasteiger partial charge < -0.3 is 10.3 Å². The molecule has 6 nitrogen and oxygen atoms in total. The molecule has 2 rings (SSSR count). The summed E-state index contributed by atoms with van der Waals surface area (Å²) in [6.07, 6.45) is 0.789. The zero-order valence-corrected chi connectivity index (χ0v) is 11.2. The Morgan fingerprint density at radius 1 is 1.29 bits per heavy atom. The van der Waals surface area contributed by atoms with Crippen molar-refractivity contribution in [3.63, 3.8) is 0 Å². The Labute approximate surface area is 104 Å². The van der Waals surface area contributed by atoms with E-state index in [1.165, 1.54) is 4.31 Å². The lowest BCUT2D eigenvalue weighted by molar-refractivity contribution is 0.433. The summed E-state index contributed by atoms with van der Waals surface area (Å²) in [5, 5.41) is 3.15. The number of aryl methyl sites for hydroxylation is 1. The first-order valence-electron chi connectivity index (χ1n) is 5.42. The van der Waals surface area contributed by atoms with Crippen LogP contribution in [0.4, 0.5) is 0 Å². The Balaban J connectivity index is 2.35. The Morgan fingerprint density at radius 2 is 2.06 bits per heavy atom. The molecule has 0 spiro atoms. The third kappa shape index (κ3) is 2.59. The topological polar surface area (TPSA) is 82.3 Å². The molecule has 1 fully saturated rings. The average Bonchev–Trinajstić information content (AvgIpc) is 2.52. The van der Waals surface area contributed by atoms with E-state index in [1.54, 1.807) is 6.92 Å². The molecule has 0 bridgehead atoms. The van der Waals surface area contributed by atoms with Gasteiger partial charge in [0, 0.05) is 25.3 Å². The molecule has 1 saturated heterocycles. The number of aromatic amines is 1. The number of nitrogens with one attached hydrogen (secondary N) is 2. The first-order chi connectivity index (χ1) is 8.01. The summed E-state index contributed by atoms with van der Waals surface area (Å²) in [5.74, 6) is 0. The molecule has 2 heterocycles. The summed E-state index contributed by atoms with van der Waals surface area (Å²) in [7, 11) is -3.51. The Bertz CT molecular complexity index is 538. The van der Waals surface area contributed by atoms with Crippen LogP contribution in [0.25, 0.3) is 0 Å². The van der Waals surface area contributed by atoms with Crippen molar-refractivity contribution in [2.24, 2.45) is 0 Å². The third-order valence-corrected chi connectivity index (χ3v) is 6.14. The van der Waals surface area contributed by atoms with Crippen molar-refractivity contribution in [2.75, 3.05) is 26.2 Å². The number of rotatable bonds is 2. The van der Waals surface area contributed by atoms with Crippen LogP contribution < -0.4 is 10.2 Å². The number of H-pyrrole nitrogens is 1. The maximum Gasteiger partial charge on any atom is 0.305 e. The molecule has 2 N–H and O–H groups in total. The highest BCUT2D eigenvalue weighted by Gasteiger charge is 2.28. The summed E-state index contributed by atoms with van der Waals surface area (Å²) in [5.41, 5.74) is 0.428. The Kier molecular flexibility index (Phi) is 3.67. The van der Waals surface area contributed by atoms with E-state index in [9.17, 15) is 13.2 Å². The molecule has 0 radical (unpaired) electrons. The first kappa shape index (κ1) is 12.7. The molecule has 0 amide bonds. The summed E-state index contributed by atoms with van der Waals surface area (Å²) in [6.45, 7) is 4.04. The molecular weight excluding hydrogens is 262 g/mol. The van der Waals surface area contributed by atoms with Crippen molar-refractivity contribution < 1.29 is 8.42 Å². The highest BCUT2D eigenvalue weighted by atomic mass is 32.2. The van der Waals surface area contributed by atoms with Crippen molar-refractivity contribution in [3.05, 3.63) is 15.4 Å². The van der Waals surface area contributed by atoms with Gasteiger partial charge in [-0.2, -0.15) is 4.31 Å². The van der Waals surface area contributed by atoms with E-state index in [1.807, 2.05) is 0 Å². The van der Waals surface area contributed by atoms with E-state index < -0.39 is 10.0 Å². The van der Waals surface area contributed by atoms with Gasteiger partial charge in [-0.3, -0.25) is 4.79 Å². The lowest BCUT2D eigenvalue weighted by atomic mass is 10.4. The van der Waals surface area contributed by atoms with Gasteiger partial charge in [0.25, 0.3) is 10.0 Å². The van der Waals surface area contributed by atoms with Crippen LogP contribution in [0.5, 0.6) is 0 Å². The quantitative estimate of drug-likeness (QED) is 0.779. The first-order valence-corrected chi connectivity index (χ1v) is 7.68. The van der Waals surface area contributed by atoms with Gasteiger partial charge in [0.1, 0.15) is 0 Å². The Morgan fingerprint density at radius 3 is 2.71 bits per heavy atom. The fourth-order valence-corrected chi connectivity index (χ4v) is 4.73. The number of aromatic nitrogens is 1. The number of sulfonamides is 1. The summed E-state index contributed by atoms with van der Waals surface area (Å²) >= 11 is 0.761. The van der Waals surface area contributed by atoms with Gasteiger partial charge in [0.05, 0.1) is 0 Å². The number of hydrogen-bond acceptors (Lipinski definition) is 5. The van der Waals surface area contributed by atoms with Gasteiger partial charge in [-0.15, -0.1) is 0 Å². The van der Waals surface area contributed by atoms with Gasteiger partial charge in [-0.25, -0.2) is 8.42 Å². The highest BCUT2D eigenvalue weighted by molar-refractivity contribution is 7.91. The lowest BCUT2D eigenvalue weighted by Crippen LogP contribution is -2.34. The number of nitrogens with zero attached hydrogens (tertiary/aromatic N) is 1. The zero-order chi connectivity index (χ0) is 12.5. The molecule has 0 unspecified atom stereocenters. The fraction of sp³-hybridized carbons (Fsp3) is 0.667. The largest absolute Gasteiger partial charge is 0.315 e. The standard InChI is InChI=1S/C9H15N3O3S2/c1-7-8(16-9(13)11-7)17(14,15)12-5-2-3-10-4-6-12/h10H,2-6H2,1H3,(H,11,13). The fourth-order valence-electron chi connectivity index (χ4n) is 1.82. The molecule has 1 aromatic heterocycles. The molecule has 0 aromatic carbocycles. The molecule has 0 aliphatic carbocycles. The van der Waals surface area contributed by atoms with E-state index in [-0.39, 0.29) is 9.08 Å². The van der Waals surface area contributed by atoms with Crippen molar-refractivity contribution in [2.45, 2.75) is 17.6 Å². The van der Waals surface area contributed by atoms with Gasteiger partial charge in [-0.1, -0.05) is 11.3 Å². The SMILES string of the molecule is Cc1[nH]c(=O)sc1S(=O)(=O)N1CCCNCC1. The lowest BCUT2D eigenvalue weighted by Gasteiger charge is -2.18. The molecule has 17 heavy (non-hydrogen) atoms.